The largest absolute Gasteiger partial charge is 0.435 e. The van der Waals surface area contributed by atoms with E-state index >= 15 is 0 Å². The number of carbonyl (C=O) groups excluding carboxylic acids is 1. The summed E-state index contributed by atoms with van der Waals surface area (Å²) < 4.78 is 28.3. The fraction of sp³-hybridized carbons (Fsp3) is 0.167. The molecule has 0 unspecified atom stereocenters. The van der Waals surface area contributed by atoms with Crippen molar-refractivity contribution in [3.8, 4) is 5.75 Å². The van der Waals surface area contributed by atoms with Crippen LogP contribution in [0, 0.1) is 0 Å². The summed E-state index contributed by atoms with van der Waals surface area (Å²) in [6.07, 6.45) is 3.08. The van der Waals surface area contributed by atoms with Crippen LogP contribution in [0.25, 0.3) is 0 Å². The van der Waals surface area contributed by atoms with Gasteiger partial charge in [0.2, 0.25) is 0 Å². The molecule has 7 heteroatoms. The Bertz CT molecular complexity index is 544. The molecule has 100 valence electrons. The van der Waals surface area contributed by atoms with Crippen LogP contribution in [0.15, 0.2) is 36.8 Å². The Morgan fingerprint density at radius 1 is 1.47 bits per heavy atom. The van der Waals surface area contributed by atoms with E-state index in [1.807, 2.05) is 0 Å². The van der Waals surface area contributed by atoms with Gasteiger partial charge in [-0.2, -0.15) is 8.78 Å². The summed E-state index contributed by atoms with van der Waals surface area (Å²) >= 11 is 0. The molecule has 0 atom stereocenters. The summed E-state index contributed by atoms with van der Waals surface area (Å²) in [4.78, 5) is 18.4. The topological polar surface area (TPSA) is 67.0 Å². The number of ether oxygens (including phenoxy) is 1. The van der Waals surface area contributed by atoms with E-state index in [2.05, 4.69) is 20.0 Å². The van der Waals surface area contributed by atoms with Gasteiger partial charge in [-0.1, -0.05) is 6.07 Å². The first kappa shape index (κ1) is 13.0. The molecular weight excluding hydrogens is 256 g/mol. The average molecular weight is 267 g/mol. The molecule has 0 spiro atoms. The quantitative estimate of drug-likeness (QED) is 0.870. The molecule has 1 aromatic carbocycles. The van der Waals surface area contributed by atoms with Crippen LogP contribution in [0.4, 0.5) is 8.78 Å². The number of hydrogen-bond donors (Lipinski definition) is 2. The molecule has 0 aliphatic heterocycles. The summed E-state index contributed by atoms with van der Waals surface area (Å²) in [6, 6.07) is 5.61. The van der Waals surface area contributed by atoms with Crippen LogP contribution >= 0.6 is 0 Å². The molecule has 2 aromatic rings. The van der Waals surface area contributed by atoms with Gasteiger partial charge >= 0.3 is 6.61 Å². The molecule has 0 fully saturated rings. The average Bonchev–Trinajstić information content (AvgIpc) is 2.88. The number of carbonyl (C=O) groups is 1. The lowest BCUT2D eigenvalue weighted by Crippen LogP contribution is -2.23. The van der Waals surface area contributed by atoms with E-state index in [0.717, 1.165) is 5.69 Å². The summed E-state index contributed by atoms with van der Waals surface area (Å²) in [6.45, 7) is -2.64. The standard InChI is InChI=1S/C12H11F2N3O2/c13-12(14)19-10-3-1-2-8(4-10)11(18)16-6-9-5-15-7-17-9/h1-5,7,12H,6H2,(H,15,17)(H,16,18). The highest BCUT2D eigenvalue weighted by atomic mass is 19.3. The first-order chi connectivity index (χ1) is 9.15. The highest BCUT2D eigenvalue weighted by molar-refractivity contribution is 5.94. The van der Waals surface area contributed by atoms with Crippen molar-refractivity contribution in [3.05, 3.63) is 48.0 Å². The lowest BCUT2D eigenvalue weighted by Gasteiger charge is -2.07. The molecule has 2 rings (SSSR count). The molecule has 0 aliphatic rings. The number of amides is 1. The highest BCUT2D eigenvalue weighted by Crippen LogP contribution is 2.15. The Kier molecular flexibility index (Phi) is 4.07. The third-order valence-electron chi connectivity index (χ3n) is 2.32. The minimum absolute atomic E-state index is 0.0517. The van der Waals surface area contributed by atoms with Gasteiger partial charge in [0.05, 0.1) is 18.6 Å². The molecule has 1 heterocycles. The Balaban J connectivity index is 1.98. The zero-order valence-corrected chi connectivity index (χ0v) is 9.77. The Labute approximate surface area is 107 Å². The smallest absolute Gasteiger partial charge is 0.387 e. The zero-order chi connectivity index (χ0) is 13.7. The maximum absolute atomic E-state index is 12.1. The Morgan fingerprint density at radius 2 is 2.32 bits per heavy atom. The molecule has 1 amide bonds. The van der Waals surface area contributed by atoms with E-state index in [1.165, 1.54) is 30.6 Å². The number of aromatic amines is 1. The number of benzene rings is 1. The van der Waals surface area contributed by atoms with Crippen LogP contribution in [0.3, 0.4) is 0 Å². The first-order valence-electron chi connectivity index (χ1n) is 5.45. The number of rotatable bonds is 5. The second-order valence-corrected chi connectivity index (χ2v) is 3.67. The van der Waals surface area contributed by atoms with E-state index in [9.17, 15) is 13.6 Å². The molecule has 0 saturated carbocycles. The number of halogens is 2. The van der Waals surface area contributed by atoms with Gasteiger partial charge in [-0.15, -0.1) is 0 Å². The maximum atomic E-state index is 12.1. The molecule has 0 saturated heterocycles. The van der Waals surface area contributed by atoms with Crippen LogP contribution in [0.2, 0.25) is 0 Å². The van der Waals surface area contributed by atoms with Gasteiger partial charge in [0, 0.05) is 11.8 Å². The van der Waals surface area contributed by atoms with Crippen molar-refractivity contribution < 1.29 is 18.3 Å². The summed E-state index contributed by atoms with van der Waals surface area (Å²) in [5.74, 6) is -0.432. The van der Waals surface area contributed by atoms with Gasteiger partial charge < -0.3 is 15.0 Å². The summed E-state index contributed by atoms with van der Waals surface area (Å²) in [5.41, 5.74) is 0.992. The monoisotopic (exact) mass is 267 g/mol. The van der Waals surface area contributed by atoms with Crippen LogP contribution in [0.1, 0.15) is 16.1 Å². The van der Waals surface area contributed by atoms with E-state index < -0.39 is 6.61 Å². The Morgan fingerprint density at radius 3 is 3.00 bits per heavy atom. The first-order valence-corrected chi connectivity index (χ1v) is 5.45. The van der Waals surface area contributed by atoms with Crippen molar-refractivity contribution >= 4 is 5.91 Å². The number of alkyl halides is 2. The van der Waals surface area contributed by atoms with Crippen LogP contribution < -0.4 is 10.1 Å². The lowest BCUT2D eigenvalue weighted by molar-refractivity contribution is -0.0498. The SMILES string of the molecule is O=C(NCc1cnc[nH]1)c1cccc(OC(F)F)c1. The molecule has 0 bridgehead atoms. The molecule has 5 nitrogen and oxygen atoms in total. The molecule has 1 aromatic heterocycles. The number of aromatic nitrogens is 2. The fourth-order valence-electron chi connectivity index (χ4n) is 1.47. The molecule has 2 N–H and O–H groups in total. The zero-order valence-electron chi connectivity index (χ0n) is 9.77. The number of H-pyrrole nitrogens is 1. The fourth-order valence-corrected chi connectivity index (χ4v) is 1.47. The molecule has 0 aliphatic carbocycles. The van der Waals surface area contributed by atoms with Gasteiger partial charge in [0.25, 0.3) is 5.91 Å². The van der Waals surface area contributed by atoms with Crippen LogP contribution in [0.5, 0.6) is 5.75 Å². The number of nitrogens with one attached hydrogen (secondary N) is 2. The number of imidazole rings is 1. The van der Waals surface area contributed by atoms with Crippen molar-refractivity contribution in [3.63, 3.8) is 0 Å². The van der Waals surface area contributed by atoms with E-state index in [1.54, 1.807) is 6.20 Å². The minimum Gasteiger partial charge on any atom is -0.435 e. The lowest BCUT2D eigenvalue weighted by atomic mass is 10.2. The van der Waals surface area contributed by atoms with Crippen molar-refractivity contribution in [2.24, 2.45) is 0 Å². The Hall–Kier alpha value is -2.44. The summed E-state index contributed by atoms with van der Waals surface area (Å²) in [7, 11) is 0. The predicted molar refractivity (Wildman–Crippen MR) is 62.8 cm³/mol. The van der Waals surface area contributed by atoms with E-state index in [4.69, 9.17) is 0 Å². The van der Waals surface area contributed by atoms with Gasteiger partial charge in [-0.05, 0) is 18.2 Å². The highest BCUT2D eigenvalue weighted by Gasteiger charge is 2.09. The van der Waals surface area contributed by atoms with E-state index in [-0.39, 0.29) is 23.8 Å². The number of hydrogen-bond acceptors (Lipinski definition) is 3. The van der Waals surface area contributed by atoms with Crippen LogP contribution in [-0.4, -0.2) is 22.5 Å². The molecular formula is C12H11F2N3O2. The maximum Gasteiger partial charge on any atom is 0.387 e. The van der Waals surface area contributed by atoms with Gasteiger partial charge in [-0.3, -0.25) is 4.79 Å². The molecule has 0 radical (unpaired) electrons. The minimum atomic E-state index is -2.91. The van der Waals surface area contributed by atoms with Crippen molar-refractivity contribution in [1.82, 2.24) is 15.3 Å². The molecule has 19 heavy (non-hydrogen) atoms. The van der Waals surface area contributed by atoms with Gasteiger partial charge in [0.15, 0.2) is 0 Å². The van der Waals surface area contributed by atoms with Gasteiger partial charge in [0.1, 0.15) is 5.75 Å². The van der Waals surface area contributed by atoms with Crippen molar-refractivity contribution in [2.45, 2.75) is 13.2 Å². The third-order valence-corrected chi connectivity index (χ3v) is 2.32. The van der Waals surface area contributed by atoms with Gasteiger partial charge in [-0.25, -0.2) is 4.98 Å². The van der Waals surface area contributed by atoms with Crippen LogP contribution in [-0.2, 0) is 6.54 Å². The predicted octanol–water partition coefficient (Wildman–Crippen LogP) is 1.94. The van der Waals surface area contributed by atoms with E-state index in [0.29, 0.717) is 0 Å². The normalized spacial score (nSPS) is 10.5. The third kappa shape index (κ3) is 3.77. The number of nitrogens with zero attached hydrogens (tertiary/aromatic N) is 1. The summed E-state index contributed by atoms with van der Waals surface area (Å²) in [5, 5.41) is 2.63. The van der Waals surface area contributed by atoms with Crippen molar-refractivity contribution in [2.75, 3.05) is 0 Å². The van der Waals surface area contributed by atoms with Crippen molar-refractivity contribution in [1.29, 1.82) is 0 Å². The second-order valence-electron chi connectivity index (χ2n) is 3.67. The second kappa shape index (κ2) is 5.94.